The van der Waals surface area contributed by atoms with Crippen molar-refractivity contribution in [3.8, 4) is 0 Å². The summed E-state index contributed by atoms with van der Waals surface area (Å²) in [5.74, 6) is 3.01. The van der Waals surface area contributed by atoms with Crippen molar-refractivity contribution in [3.05, 3.63) is 64.1 Å². The van der Waals surface area contributed by atoms with Crippen LogP contribution < -0.4 is 21.8 Å². The first kappa shape index (κ1) is 21.9. The molecular formula is C19H20BrN5O4. The molecule has 0 bridgehead atoms. The molecule has 0 aromatic heterocycles. The molecule has 9 nitrogen and oxygen atoms in total. The average Bonchev–Trinajstić information content (AvgIpc) is 2.70. The number of hydrazone groups is 1. The number of nitrogens with two attached hydrogens (primary N) is 1. The molecule has 1 unspecified atom stereocenters. The second-order valence-corrected chi connectivity index (χ2v) is 6.87. The Kier molecular flexibility index (Phi) is 8.16. The van der Waals surface area contributed by atoms with Crippen molar-refractivity contribution < 1.29 is 19.5 Å². The highest BCUT2D eigenvalue weighted by atomic mass is 79.9. The van der Waals surface area contributed by atoms with E-state index in [0.717, 1.165) is 4.47 Å². The monoisotopic (exact) mass is 461 g/mol. The number of hydrogen-bond acceptors (Lipinski definition) is 5. The molecule has 2 amide bonds. The van der Waals surface area contributed by atoms with E-state index in [1.807, 2.05) is 0 Å². The normalized spacial score (nSPS) is 11.6. The highest BCUT2D eigenvalue weighted by molar-refractivity contribution is 9.10. The molecule has 0 heterocycles. The van der Waals surface area contributed by atoms with Gasteiger partial charge in [0.15, 0.2) is 0 Å². The molecule has 0 radical (unpaired) electrons. The van der Waals surface area contributed by atoms with E-state index in [1.165, 1.54) is 6.34 Å². The van der Waals surface area contributed by atoms with E-state index in [-0.39, 0.29) is 13.0 Å². The molecule has 0 fully saturated rings. The SMILES string of the molecule is NN=CNc1cccc(C(=O)NCC(=O)NC(CC(=O)O)c2cccc(Br)c2)c1. The van der Waals surface area contributed by atoms with Gasteiger partial charge in [-0.3, -0.25) is 14.4 Å². The predicted molar refractivity (Wildman–Crippen MR) is 112 cm³/mol. The molecule has 29 heavy (non-hydrogen) atoms. The first-order valence-electron chi connectivity index (χ1n) is 8.52. The van der Waals surface area contributed by atoms with Gasteiger partial charge in [-0.25, -0.2) is 0 Å². The van der Waals surface area contributed by atoms with E-state index in [9.17, 15) is 14.4 Å². The number of hydrogen-bond donors (Lipinski definition) is 5. The second kappa shape index (κ2) is 10.8. The number of carboxylic acid groups (broad SMARTS) is 1. The molecule has 2 aromatic rings. The molecule has 0 aliphatic rings. The minimum Gasteiger partial charge on any atom is -0.481 e. The fourth-order valence-corrected chi connectivity index (χ4v) is 2.94. The third kappa shape index (κ3) is 7.26. The van der Waals surface area contributed by atoms with E-state index in [2.05, 4.69) is 37.0 Å². The van der Waals surface area contributed by atoms with Gasteiger partial charge < -0.3 is 26.9 Å². The summed E-state index contributed by atoms with van der Waals surface area (Å²) in [5.41, 5.74) is 1.58. The van der Waals surface area contributed by atoms with Gasteiger partial charge in [-0.2, -0.15) is 5.10 Å². The number of amides is 2. The molecule has 1 atom stereocenters. The van der Waals surface area contributed by atoms with Gasteiger partial charge in [-0.1, -0.05) is 34.1 Å². The molecule has 2 rings (SSSR count). The highest BCUT2D eigenvalue weighted by Gasteiger charge is 2.19. The summed E-state index contributed by atoms with van der Waals surface area (Å²) in [6.45, 7) is -0.301. The lowest BCUT2D eigenvalue weighted by Gasteiger charge is -2.18. The molecule has 0 saturated heterocycles. The van der Waals surface area contributed by atoms with Crippen molar-refractivity contribution in [2.75, 3.05) is 11.9 Å². The van der Waals surface area contributed by atoms with Crippen molar-refractivity contribution in [1.82, 2.24) is 10.6 Å². The van der Waals surface area contributed by atoms with Crippen LogP contribution in [0.25, 0.3) is 0 Å². The van der Waals surface area contributed by atoms with Gasteiger partial charge in [0.25, 0.3) is 5.91 Å². The standard InChI is InChI=1S/C19H20BrN5O4/c20-14-5-1-3-12(7-14)16(9-18(27)28)25-17(26)10-22-19(29)13-4-2-6-15(8-13)23-11-24-21/h1-8,11,16H,9-10,21H2,(H,22,29)(H,23,24)(H,25,26)(H,27,28). The molecule has 0 saturated carbocycles. The minimum atomic E-state index is -1.05. The van der Waals surface area contributed by atoms with Crippen LogP contribution in [-0.4, -0.2) is 35.8 Å². The van der Waals surface area contributed by atoms with E-state index in [0.29, 0.717) is 16.8 Å². The maximum absolute atomic E-state index is 12.3. The Labute approximate surface area is 175 Å². The summed E-state index contributed by atoms with van der Waals surface area (Å²) in [6.07, 6.45) is 0.988. The Bertz CT molecular complexity index is 919. The summed E-state index contributed by atoms with van der Waals surface area (Å²) >= 11 is 3.32. The third-order valence-electron chi connectivity index (χ3n) is 3.81. The number of nitrogens with one attached hydrogen (secondary N) is 3. The van der Waals surface area contributed by atoms with E-state index < -0.39 is 23.8 Å². The largest absolute Gasteiger partial charge is 0.481 e. The van der Waals surface area contributed by atoms with E-state index in [4.69, 9.17) is 10.9 Å². The quantitative estimate of drug-likeness (QED) is 0.166. The third-order valence-corrected chi connectivity index (χ3v) is 4.30. The van der Waals surface area contributed by atoms with Crippen LogP contribution in [0.3, 0.4) is 0 Å². The van der Waals surface area contributed by atoms with Gasteiger partial charge in [0.2, 0.25) is 5.91 Å². The van der Waals surface area contributed by atoms with E-state index >= 15 is 0 Å². The molecule has 6 N–H and O–H groups in total. The van der Waals surface area contributed by atoms with Crippen molar-refractivity contribution in [1.29, 1.82) is 0 Å². The Morgan fingerprint density at radius 1 is 1.17 bits per heavy atom. The van der Waals surface area contributed by atoms with Crippen molar-refractivity contribution >= 4 is 45.7 Å². The summed E-state index contributed by atoms with van der Waals surface area (Å²) in [4.78, 5) is 35.7. The fraction of sp³-hybridized carbons (Fsp3) is 0.158. The Morgan fingerprint density at radius 3 is 2.62 bits per heavy atom. The molecular weight excluding hydrogens is 442 g/mol. The summed E-state index contributed by atoms with van der Waals surface area (Å²) in [6, 6.07) is 12.8. The number of carbonyl (C=O) groups is 3. The van der Waals surface area contributed by atoms with Gasteiger partial charge in [-0.05, 0) is 35.9 Å². The molecule has 152 valence electrons. The summed E-state index contributed by atoms with van der Waals surface area (Å²) in [7, 11) is 0. The fourth-order valence-electron chi connectivity index (χ4n) is 2.52. The van der Waals surface area contributed by atoms with Crippen LogP contribution >= 0.6 is 15.9 Å². The first-order valence-corrected chi connectivity index (χ1v) is 9.31. The summed E-state index contributed by atoms with van der Waals surface area (Å²) < 4.78 is 0.765. The van der Waals surface area contributed by atoms with Crippen molar-refractivity contribution in [2.45, 2.75) is 12.5 Å². The molecule has 10 heteroatoms. The lowest BCUT2D eigenvalue weighted by molar-refractivity contribution is -0.137. The van der Waals surface area contributed by atoms with Gasteiger partial charge in [0.1, 0.15) is 6.34 Å². The molecule has 2 aromatic carbocycles. The number of carbonyl (C=O) groups excluding carboxylic acids is 2. The van der Waals surface area contributed by atoms with Gasteiger partial charge in [0, 0.05) is 15.7 Å². The minimum absolute atomic E-state index is 0.285. The van der Waals surface area contributed by atoms with Crippen LogP contribution in [0, 0.1) is 0 Å². The van der Waals surface area contributed by atoms with Crippen molar-refractivity contribution in [2.24, 2.45) is 10.9 Å². The maximum Gasteiger partial charge on any atom is 0.305 e. The van der Waals surface area contributed by atoms with Gasteiger partial charge in [-0.15, -0.1) is 0 Å². The van der Waals surface area contributed by atoms with Crippen molar-refractivity contribution in [3.63, 3.8) is 0 Å². The zero-order valence-electron chi connectivity index (χ0n) is 15.3. The highest BCUT2D eigenvalue weighted by Crippen LogP contribution is 2.21. The lowest BCUT2D eigenvalue weighted by atomic mass is 10.0. The van der Waals surface area contributed by atoms with Gasteiger partial charge >= 0.3 is 5.97 Å². The first-order chi connectivity index (χ1) is 13.9. The smallest absolute Gasteiger partial charge is 0.305 e. The van der Waals surface area contributed by atoms with Gasteiger partial charge in [0.05, 0.1) is 19.0 Å². The number of carboxylic acids is 1. The van der Waals surface area contributed by atoms with Crippen LogP contribution in [-0.2, 0) is 9.59 Å². The van der Waals surface area contributed by atoms with Crippen LogP contribution in [0.2, 0.25) is 0 Å². The number of aliphatic carboxylic acids is 1. The van der Waals surface area contributed by atoms with E-state index in [1.54, 1.807) is 48.5 Å². The maximum atomic E-state index is 12.3. The number of nitrogens with zero attached hydrogens (tertiary/aromatic N) is 1. The number of rotatable bonds is 9. The Morgan fingerprint density at radius 2 is 1.93 bits per heavy atom. The Balaban J connectivity index is 1.98. The lowest BCUT2D eigenvalue weighted by Crippen LogP contribution is -2.39. The zero-order valence-corrected chi connectivity index (χ0v) is 16.8. The average molecular weight is 462 g/mol. The molecule has 0 spiro atoms. The van der Waals surface area contributed by atoms with Crippen LogP contribution in [0.4, 0.5) is 5.69 Å². The molecule has 0 aliphatic carbocycles. The second-order valence-electron chi connectivity index (χ2n) is 5.96. The zero-order chi connectivity index (χ0) is 21.2. The summed E-state index contributed by atoms with van der Waals surface area (Å²) in [5, 5.41) is 20.4. The number of halogens is 1. The Hall–Kier alpha value is -3.40. The number of benzene rings is 2. The molecule has 0 aliphatic heterocycles. The van der Waals surface area contributed by atoms with Crippen LogP contribution in [0.15, 0.2) is 58.1 Å². The predicted octanol–water partition coefficient (Wildman–Crippen LogP) is 1.83. The number of anilines is 1. The topological polar surface area (TPSA) is 146 Å². The van der Waals surface area contributed by atoms with Crippen LogP contribution in [0.5, 0.6) is 0 Å². The van der Waals surface area contributed by atoms with Crippen LogP contribution in [0.1, 0.15) is 28.4 Å².